The van der Waals surface area contributed by atoms with Crippen LogP contribution < -0.4 is 10.5 Å². The number of ether oxygens (including phenoxy) is 1. The van der Waals surface area contributed by atoms with Gasteiger partial charge < -0.3 is 10.5 Å². The van der Waals surface area contributed by atoms with Gasteiger partial charge in [-0.25, -0.2) is 0 Å². The summed E-state index contributed by atoms with van der Waals surface area (Å²) in [5.41, 5.74) is 7.94. The largest absolute Gasteiger partial charge is 0.496 e. The molecule has 2 nitrogen and oxygen atoms in total. The molecule has 1 aromatic carbocycles. The fourth-order valence-corrected chi connectivity index (χ4v) is 3.60. The van der Waals surface area contributed by atoms with Crippen LogP contribution in [0.5, 0.6) is 5.75 Å². The first-order valence-corrected chi connectivity index (χ1v) is 6.54. The zero-order chi connectivity index (χ0) is 11.4. The van der Waals surface area contributed by atoms with E-state index in [1.165, 1.54) is 18.4 Å². The molecule has 0 aromatic heterocycles. The van der Waals surface area contributed by atoms with Gasteiger partial charge in [-0.05, 0) is 37.8 Å². The van der Waals surface area contributed by atoms with Gasteiger partial charge in [0.2, 0.25) is 0 Å². The minimum Gasteiger partial charge on any atom is -0.496 e. The van der Waals surface area contributed by atoms with E-state index < -0.39 is 0 Å². The number of halogens is 1. The molecule has 0 heterocycles. The predicted octanol–water partition coefficient (Wildman–Crippen LogP) is 2.98. The number of rotatable bonds is 3. The van der Waals surface area contributed by atoms with E-state index in [0.29, 0.717) is 0 Å². The van der Waals surface area contributed by atoms with Crippen molar-refractivity contribution in [3.63, 3.8) is 0 Å². The first kappa shape index (κ1) is 10.6. The lowest BCUT2D eigenvalue weighted by atomic mass is 9.85. The summed E-state index contributed by atoms with van der Waals surface area (Å²) in [5.74, 6) is 0.976. The van der Waals surface area contributed by atoms with Crippen molar-refractivity contribution in [3.05, 3.63) is 28.2 Å². The lowest BCUT2D eigenvalue weighted by Gasteiger charge is -2.26. The Kier molecular flexibility index (Phi) is 2.14. The van der Waals surface area contributed by atoms with Crippen LogP contribution in [0, 0.1) is 0 Å². The molecule has 16 heavy (non-hydrogen) atoms. The Morgan fingerprint density at radius 1 is 1.25 bits per heavy atom. The van der Waals surface area contributed by atoms with Crippen LogP contribution in [0.4, 0.5) is 0 Å². The number of hydrogen-bond acceptors (Lipinski definition) is 2. The van der Waals surface area contributed by atoms with E-state index >= 15 is 0 Å². The number of methoxy groups -OCH3 is 1. The van der Waals surface area contributed by atoms with Crippen molar-refractivity contribution in [1.29, 1.82) is 0 Å². The maximum Gasteiger partial charge on any atom is 0.123 e. The standard InChI is InChI=1S/C13H16BrNO/c1-16-10-4-2-3-9(14)11(10)12(5-6-12)13(15)7-8-13/h2-4H,5-8,15H2,1H3. The molecule has 2 N–H and O–H groups in total. The van der Waals surface area contributed by atoms with Crippen LogP contribution in [0.1, 0.15) is 31.2 Å². The lowest BCUT2D eigenvalue weighted by molar-refractivity contribution is 0.392. The molecule has 86 valence electrons. The first-order valence-electron chi connectivity index (χ1n) is 5.75. The second kappa shape index (κ2) is 3.23. The molecule has 2 aliphatic rings. The van der Waals surface area contributed by atoms with Crippen molar-refractivity contribution in [1.82, 2.24) is 0 Å². The van der Waals surface area contributed by atoms with E-state index in [9.17, 15) is 0 Å². The van der Waals surface area contributed by atoms with Crippen molar-refractivity contribution in [2.75, 3.05) is 7.11 Å². The summed E-state index contributed by atoms with van der Waals surface area (Å²) in [5, 5.41) is 0. The molecule has 3 heteroatoms. The lowest BCUT2D eigenvalue weighted by Crippen LogP contribution is -2.37. The van der Waals surface area contributed by atoms with Gasteiger partial charge in [-0.1, -0.05) is 22.0 Å². The third kappa shape index (κ3) is 1.28. The van der Waals surface area contributed by atoms with Crippen LogP contribution in [0.3, 0.4) is 0 Å². The van der Waals surface area contributed by atoms with Gasteiger partial charge in [0.05, 0.1) is 7.11 Å². The maximum atomic E-state index is 6.43. The average molecular weight is 282 g/mol. The van der Waals surface area contributed by atoms with Crippen LogP contribution in [0.15, 0.2) is 22.7 Å². The topological polar surface area (TPSA) is 35.2 Å². The molecule has 2 saturated carbocycles. The number of nitrogens with two attached hydrogens (primary N) is 1. The van der Waals surface area contributed by atoms with E-state index in [0.717, 1.165) is 23.1 Å². The van der Waals surface area contributed by atoms with Crippen molar-refractivity contribution >= 4 is 15.9 Å². The first-order chi connectivity index (χ1) is 7.63. The van der Waals surface area contributed by atoms with Crippen LogP contribution in [0.2, 0.25) is 0 Å². The predicted molar refractivity (Wildman–Crippen MR) is 67.8 cm³/mol. The summed E-state index contributed by atoms with van der Waals surface area (Å²) in [6.07, 6.45) is 4.69. The zero-order valence-electron chi connectivity index (χ0n) is 9.42. The van der Waals surface area contributed by atoms with Crippen LogP contribution >= 0.6 is 15.9 Å². The summed E-state index contributed by atoms with van der Waals surface area (Å²) in [4.78, 5) is 0. The minimum atomic E-state index is 0.0319. The Morgan fingerprint density at radius 2 is 1.94 bits per heavy atom. The Bertz CT molecular complexity index is 436. The Balaban J connectivity index is 2.13. The molecular formula is C13H16BrNO. The SMILES string of the molecule is COc1cccc(Br)c1C1(C2(N)CC2)CC1. The van der Waals surface area contributed by atoms with Crippen LogP contribution in [-0.2, 0) is 5.41 Å². The van der Waals surface area contributed by atoms with Gasteiger partial charge in [-0.15, -0.1) is 0 Å². The highest BCUT2D eigenvalue weighted by Gasteiger charge is 2.65. The van der Waals surface area contributed by atoms with Gasteiger partial charge in [-0.2, -0.15) is 0 Å². The molecule has 0 unspecified atom stereocenters. The molecule has 3 rings (SSSR count). The smallest absolute Gasteiger partial charge is 0.123 e. The third-order valence-electron chi connectivity index (χ3n) is 4.17. The highest BCUT2D eigenvalue weighted by molar-refractivity contribution is 9.10. The second-order valence-electron chi connectivity index (χ2n) is 5.06. The normalized spacial score (nSPS) is 23.9. The second-order valence-corrected chi connectivity index (χ2v) is 5.91. The highest BCUT2D eigenvalue weighted by Crippen LogP contribution is 2.66. The minimum absolute atomic E-state index is 0.0319. The van der Waals surface area contributed by atoms with Crippen LogP contribution in [0.25, 0.3) is 0 Å². The monoisotopic (exact) mass is 281 g/mol. The number of benzene rings is 1. The quantitative estimate of drug-likeness (QED) is 0.925. The van der Waals surface area contributed by atoms with E-state index in [2.05, 4.69) is 22.0 Å². The molecule has 0 bridgehead atoms. The van der Waals surface area contributed by atoms with Gasteiger partial charge in [0.15, 0.2) is 0 Å². The Morgan fingerprint density at radius 3 is 2.44 bits per heavy atom. The molecule has 2 fully saturated rings. The van der Waals surface area contributed by atoms with Gasteiger partial charge in [0.25, 0.3) is 0 Å². The molecular weight excluding hydrogens is 266 g/mol. The van der Waals surface area contributed by atoms with Gasteiger partial charge in [-0.3, -0.25) is 0 Å². The highest BCUT2D eigenvalue weighted by atomic mass is 79.9. The van der Waals surface area contributed by atoms with Gasteiger partial charge in [0.1, 0.15) is 5.75 Å². The van der Waals surface area contributed by atoms with E-state index in [1.54, 1.807) is 7.11 Å². The van der Waals surface area contributed by atoms with E-state index in [4.69, 9.17) is 10.5 Å². The molecule has 0 radical (unpaired) electrons. The fourth-order valence-electron chi connectivity index (χ4n) is 2.87. The van der Waals surface area contributed by atoms with Gasteiger partial charge >= 0.3 is 0 Å². The summed E-state index contributed by atoms with van der Waals surface area (Å²) in [6, 6.07) is 6.13. The van der Waals surface area contributed by atoms with Crippen molar-refractivity contribution in [2.45, 2.75) is 36.6 Å². The van der Waals surface area contributed by atoms with Crippen molar-refractivity contribution in [3.8, 4) is 5.75 Å². The Hall–Kier alpha value is -0.540. The summed E-state index contributed by atoms with van der Waals surface area (Å²) >= 11 is 3.65. The summed E-state index contributed by atoms with van der Waals surface area (Å²) in [6.45, 7) is 0. The molecule has 0 amide bonds. The van der Waals surface area contributed by atoms with E-state index in [-0.39, 0.29) is 11.0 Å². The molecule has 0 aliphatic heterocycles. The van der Waals surface area contributed by atoms with E-state index in [1.807, 2.05) is 12.1 Å². The molecule has 0 atom stereocenters. The third-order valence-corrected chi connectivity index (χ3v) is 4.83. The molecule has 0 spiro atoms. The zero-order valence-corrected chi connectivity index (χ0v) is 11.0. The van der Waals surface area contributed by atoms with Crippen LogP contribution in [-0.4, -0.2) is 12.6 Å². The fraction of sp³-hybridized carbons (Fsp3) is 0.538. The molecule has 2 aliphatic carbocycles. The molecule has 0 saturated heterocycles. The van der Waals surface area contributed by atoms with Crippen molar-refractivity contribution in [2.24, 2.45) is 5.73 Å². The van der Waals surface area contributed by atoms with Gasteiger partial charge in [0, 0.05) is 21.0 Å². The number of hydrogen-bond donors (Lipinski definition) is 1. The summed E-state index contributed by atoms with van der Waals surface area (Å²) < 4.78 is 6.63. The Labute approximate surface area is 104 Å². The maximum absolute atomic E-state index is 6.43. The van der Waals surface area contributed by atoms with Crippen molar-refractivity contribution < 1.29 is 4.74 Å². The average Bonchev–Trinajstić information content (AvgIpc) is 3.14. The summed E-state index contributed by atoms with van der Waals surface area (Å²) in [7, 11) is 1.73. The molecule has 1 aromatic rings.